The largest absolute Gasteiger partial charge is 0.204 e. The van der Waals surface area contributed by atoms with Crippen molar-refractivity contribution in [2.75, 3.05) is 6.26 Å². The molecule has 0 aliphatic carbocycles. The van der Waals surface area contributed by atoms with Gasteiger partial charge in [-0.3, -0.25) is 0 Å². The van der Waals surface area contributed by atoms with Gasteiger partial charge in [0, 0.05) is 4.90 Å². The van der Waals surface area contributed by atoms with Crippen LogP contribution in [-0.2, 0) is 0 Å². The van der Waals surface area contributed by atoms with E-state index in [0.717, 1.165) is 6.07 Å². The summed E-state index contributed by atoms with van der Waals surface area (Å²) in [7, 11) is -0.853. The average molecular weight is 194 g/mol. The van der Waals surface area contributed by atoms with Crippen molar-refractivity contribution in [2.45, 2.75) is 4.90 Å². The van der Waals surface area contributed by atoms with Crippen molar-refractivity contribution < 1.29 is 8.78 Å². The first-order valence-corrected chi connectivity index (χ1v) is 5.93. The molecule has 11 heavy (non-hydrogen) atoms. The van der Waals surface area contributed by atoms with Crippen LogP contribution in [0, 0.1) is 11.6 Å². The molecule has 0 amide bonds. The SMILES string of the molecule is C[SH](S)c1cccc(F)c1F. The van der Waals surface area contributed by atoms with Crippen molar-refractivity contribution in [1.82, 2.24) is 0 Å². The zero-order valence-electron chi connectivity index (χ0n) is 5.88. The maximum atomic E-state index is 12.8. The van der Waals surface area contributed by atoms with Gasteiger partial charge in [0.2, 0.25) is 0 Å². The molecule has 0 saturated carbocycles. The lowest BCUT2D eigenvalue weighted by Crippen LogP contribution is -1.87. The van der Waals surface area contributed by atoms with Crippen LogP contribution in [-0.4, -0.2) is 6.26 Å². The van der Waals surface area contributed by atoms with E-state index in [2.05, 4.69) is 11.7 Å². The fourth-order valence-electron chi connectivity index (χ4n) is 0.742. The minimum Gasteiger partial charge on any atom is -0.204 e. The number of thiol groups is 2. The normalized spacial score (nSPS) is 14.7. The van der Waals surface area contributed by atoms with Gasteiger partial charge in [0.25, 0.3) is 0 Å². The Bertz CT molecular complexity index is 261. The molecule has 0 aliphatic rings. The van der Waals surface area contributed by atoms with Crippen LogP contribution in [0.15, 0.2) is 23.1 Å². The van der Waals surface area contributed by atoms with Gasteiger partial charge in [-0.25, -0.2) is 8.78 Å². The number of halogens is 2. The molecular weight excluding hydrogens is 186 g/mol. The summed E-state index contributed by atoms with van der Waals surface area (Å²) in [4.78, 5) is 0.364. The molecule has 0 aromatic heterocycles. The van der Waals surface area contributed by atoms with E-state index in [1.165, 1.54) is 6.07 Å². The summed E-state index contributed by atoms with van der Waals surface area (Å²) in [5.41, 5.74) is 0. The first kappa shape index (κ1) is 8.87. The highest BCUT2D eigenvalue weighted by molar-refractivity contribution is 8.77. The quantitative estimate of drug-likeness (QED) is 0.498. The Morgan fingerprint density at radius 2 is 2.00 bits per heavy atom. The standard InChI is InChI=1S/C7H8F2S2/c1-11(10)6-4-2-3-5(8)7(6)9/h2-4,10-11H,1H3. The van der Waals surface area contributed by atoms with Gasteiger partial charge in [0.1, 0.15) is 0 Å². The third-order valence-electron chi connectivity index (χ3n) is 1.28. The highest BCUT2D eigenvalue weighted by Crippen LogP contribution is 2.38. The highest BCUT2D eigenvalue weighted by Gasteiger charge is 2.08. The average Bonchev–Trinajstić information content (AvgIpc) is 1.94. The van der Waals surface area contributed by atoms with E-state index in [9.17, 15) is 8.78 Å². The number of benzene rings is 1. The van der Waals surface area contributed by atoms with Crippen LogP contribution < -0.4 is 0 Å². The van der Waals surface area contributed by atoms with E-state index in [1.54, 1.807) is 12.3 Å². The first-order chi connectivity index (χ1) is 5.13. The molecule has 1 aromatic rings. The Morgan fingerprint density at radius 3 is 2.45 bits per heavy atom. The molecule has 0 bridgehead atoms. The van der Waals surface area contributed by atoms with Gasteiger partial charge in [-0.1, -0.05) is 6.07 Å². The minimum atomic E-state index is -0.853. The topological polar surface area (TPSA) is 0 Å². The molecule has 0 spiro atoms. The lowest BCUT2D eigenvalue weighted by molar-refractivity contribution is 0.491. The summed E-state index contributed by atoms with van der Waals surface area (Å²) in [5.74, 6) is -1.57. The Morgan fingerprint density at radius 1 is 1.36 bits per heavy atom. The van der Waals surface area contributed by atoms with Crippen LogP contribution in [0.4, 0.5) is 8.78 Å². The molecule has 0 heterocycles. The second kappa shape index (κ2) is 3.45. The molecule has 62 valence electrons. The van der Waals surface area contributed by atoms with E-state index in [4.69, 9.17) is 0 Å². The van der Waals surface area contributed by atoms with Gasteiger partial charge in [-0.2, -0.15) is 9.93 Å². The van der Waals surface area contributed by atoms with Gasteiger partial charge in [0.15, 0.2) is 11.6 Å². The zero-order chi connectivity index (χ0) is 8.43. The van der Waals surface area contributed by atoms with E-state index in [0.29, 0.717) is 4.90 Å². The molecule has 1 rings (SSSR count). The van der Waals surface area contributed by atoms with E-state index in [1.807, 2.05) is 0 Å². The van der Waals surface area contributed by atoms with Crippen LogP contribution in [0.1, 0.15) is 0 Å². The summed E-state index contributed by atoms with van der Waals surface area (Å²) in [6.07, 6.45) is 1.76. The highest BCUT2D eigenvalue weighted by atomic mass is 33.1. The molecule has 4 heteroatoms. The van der Waals surface area contributed by atoms with Crippen molar-refractivity contribution in [3.05, 3.63) is 29.8 Å². The van der Waals surface area contributed by atoms with Gasteiger partial charge in [0.05, 0.1) is 0 Å². The van der Waals surface area contributed by atoms with E-state index in [-0.39, 0.29) is 0 Å². The minimum absolute atomic E-state index is 0.364. The van der Waals surface area contributed by atoms with Crippen molar-refractivity contribution in [3.8, 4) is 0 Å². The molecule has 1 aromatic carbocycles. The fraction of sp³-hybridized carbons (Fsp3) is 0.143. The summed E-state index contributed by atoms with van der Waals surface area (Å²) in [6, 6.07) is 4.14. The number of hydrogen-bond donors (Lipinski definition) is 2. The van der Waals surface area contributed by atoms with Gasteiger partial charge in [-0.15, -0.1) is 11.7 Å². The lowest BCUT2D eigenvalue weighted by atomic mass is 10.3. The molecule has 0 radical (unpaired) electrons. The summed E-state index contributed by atoms with van der Waals surface area (Å²) >= 11 is 4.06. The molecule has 0 saturated heterocycles. The molecule has 1 unspecified atom stereocenters. The Labute approximate surface area is 71.8 Å². The fourth-order valence-corrected chi connectivity index (χ4v) is 1.90. The zero-order valence-corrected chi connectivity index (χ0v) is 7.67. The van der Waals surface area contributed by atoms with Gasteiger partial charge in [-0.05, 0) is 18.4 Å². The van der Waals surface area contributed by atoms with Crippen molar-refractivity contribution in [3.63, 3.8) is 0 Å². The van der Waals surface area contributed by atoms with Crippen molar-refractivity contribution >= 4 is 21.6 Å². The predicted molar refractivity (Wildman–Crippen MR) is 48.5 cm³/mol. The van der Waals surface area contributed by atoms with Crippen LogP contribution in [0.25, 0.3) is 0 Å². The Balaban J connectivity index is 3.17. The Kier molecular flexibility index (Phi) is 2.78. The van der Waals surface area contributed by atoms with Crippen molar-refractivity contribution in [2.24, 2.45) is 0 Å². The van der Waals surface area contributed by atoms with Gasteiger partial charge < -0.3 is 0 Å². The molecule has 0 nitrogen and oxygen atoms in total. The van der Waals surface area contributed by atoms with Crippen LogP contribution >= 0.6 is 21.6 Å². The smallest absolute Gasteiger partial charge is 0.171 e. The summed E-state index contributed by atoms with van der Waals surface area (Å²) < 4.78 is 25.4. The van der Waals surface area contributed by atoms with Crippen LogP contribution in [0.2, 0.25) is 0 Å². The number of hydrogen-bond acceptors (Lipinski definition) is 1. The molecule has 1 atom stereocenters. The van der Waals surface area contributed by atoms with Gasteiger partial charge >= 0.3 is 0 Å². The first-order valence-electron chi connectivity index (χ1n) is 2.99. The third-order valence-corrected chi connectivity index (χ3v) is 2.97. The molecule has 0 N–H and O–H groups in total. The van der Waals surface area contributed by atoms with Crippen molar-refractivity contribution in [1.29, 1.82) is 0 Å². The molecule has 0 aliphatic heterocycles. The number of rotatable bonds is 1. The second-order valence-electron chi connectivity index (χ2n) is 2.10. The lowest BCUT2D eigenvalue weighted by Gasteiger charge is -2.08. The molecular formula is C7H8F2S2. The van der Waals surface area contributed by atoms with E-state index >= 15 is 0 Å². The van der Waals surface area contributed by atoms with E-state index < -0.39 is 21.6 Å². The predicted octanol–water partition coefficient (Wildman–Crippen LogP) is 2.80. The Hall–Kier alpha value is -0.220. The maximum Gasteiger partial charge on any atom is 0.171 e. The molecule has 0 fully saturated rings. The van der Waals surface area contributed by atoms with Crippen LogP contribution in [0.5, 0.6) is 0 Å². The summed E-state index contributed by atoms with van der Waals surface area (Å²) in [6.45, 7) is 0. The van der Waals surface area contributed by atoms with Crippen LogP contribution in [0.3, 0.4) is 0 Å². The third kappa shape index (κ3) is 1.87. The maximum absolute atomic E-state index is 12.8. The summed E-state index contributed by atoms with van der Waals surface area (Å²) in [5, 5.41) is 0. The monoisotopic (exact) mass is 194 g/mol. The second-order valence-corrected chi connectivity index (χ2v) is 5.43.